The lowest BCUT2D eigenvalue weighted by Gasteiger charge is -2.38. The minimum atomic E-state index is -0.924. The standard InChI is InChI=1S/C23H25FN6O/c1-13-3-7-17(29-28-13)14-4-6-16(21(31)9-14)19-11-26-22(12-25-19)30(2)20-10-15-5-8-18(27-15)23(20)24/h3-4,6-7,9,11-12,15,18,20,23,27,31H,5,8,10H2,1-2H3/t15-,18+,20-,23+/m0/s1. The van der Waals surface area contributed by atoms with E-state index in [0.717, 1.165) is 30.5 Å². The fourth-order valence-electron chi connectivity index (χ4n) is 4.62. The highest BCUT2D eigenvalue weighted by atomic mass is 19.1. The molecule has 2 aliphatic heterocycles. The van der Waals surface area contributed by atoms with Gasteiger partial charge in [0.05, 0.1) is 35.5 Å². The molecule has 0 unspecified atom stereocenters. The van der Waals surface area contributed by atoms with Gasteiger partial charge in [0.25, 0.3) is 0 Å². The first kappa shape index (κ1) is 19.8. The Morgan fingerprint density at radius 2 is 1.94 bits per heavy atom. The molecule has 7 nitrogen and oxygen atoms in total. The summed E-state index contributed by atoms with van der Waals surface area (Å²) >= 11 is 0. The first-order chi connectivity index (χ1) is 15.0. The van der Waals surface area contributed by atoms with Crippen molar-refractivity contribution in [3.63, 3.8) is 0 Å². The van der Waals surface area contributed by atoms with Gasteiger partial charge in [-0.25, -0.2) is 9.37 Å². The van der Waals surface area contributed by atoms with Crippen LogP contribution in [0, 0.1) is 6.92 Å². The van der Waals surface area contributed by atoms with Crippen LogP contribution in [0.15, 0.2) is 42.7 Å². The number of aromatic hydroxyl groups is 1. The van der Waals surface area contributed by atoms with Gasteiger partial charge in [0.2, 0.25) is 0 Å². The number of nitrogens with one attached hydrogen (secondary N) is 1. The first-order valence-corrected chi connectivity index (χ1v) is 10.6. The van der Waals surface area contributed by atoms with Crippen molar-refractivity contribution in [3.8, 4) is 28.3 Å². The van der Waals surface area contributed by atoms with Gasteiger partial charge in [-0.3, -0.25) is 4.98 Å². The number of benzene rings is 1. The highest BCUT2D eigenvalue weighted by Crippen LogP contribution is 2.34. The Labute approximate surface area is 180 Å². The molecular formula is C23H25FN6O. The molecule has 2 saturated heterocycles. The predicted octanol–water partition coefficient (Wildman–Crippen LogP) is 3.28. The molecule has 160 valence electrons. The fourth-order valence-corrected chi connectivity index (χ4v) is 4.62. The number of piperidine rings is 1. The minimum absolute atomic E-state index is 0.0629. The van der Waals surface area contributed by atoms with Crippen molar-refractivity contribution in [2.45, 2.75) is 50.5 Å². The predicted molar refractivity (Wildman–Crippen MR) is 117 cm³/mol. The van der Waals surface area contributed by atoms with Gasteiger partial charge >= 0.3 is 0 Å². The number of aromatic nitrogens is 4. The second-order valence-corrected chi connectivity index (χ2v) is 8.46. The molecule has 0 amide bonds. The Kier molecular flexibility index (Phi) is 5.02. The molecule has 3 aromatic rings. The van der Waals surface area contributed by atoms with Crippen LogP contribution in [0.2, 0.25) is 0 Å². The number of hydrogen-bond acceptors (Lipinski definition) is 7. The van der Waals surface area contributed by atoms with Crippen LogP contribution in [0.25, 0.3) is 22.5 Å². The van der Waals surface area contributed by atoms with Crippen molar-refractivity contribution in [2.75, 3.05) is 11.9 Å². The van der Waals surface area contributed by atoms with Crippen LogP contribution in [0.5, 0.6) is 5.75 Å². The third-order valence-corrected chi connectivity index (χ3v) is 6.42. The van der Waals surface area contributed by atoms with Crippen LogP contribution in [0.4, 0.5) is 10.2 Å². The summed E-state index contributed by atoms with van der Waals surface area (Å²) in [6.07, 6.45) is 5.03. The molecular weight excluding hydrogens is 395 g/mol. The van der Waals surface area contributed by atoms with E-state index in [-0.39, 0.29) is 17.8 Å². The summed E-state index contributed by atoms with van der Waals surface area (Å²) in [4.78, 5) is 10.9. The number of alkyl halides is 1. The quantitative estimate of drug-likeness (QED) is 0.670. The van der Waals surface area contributed by atoms with Crippen molar-refractivity contribution >= 4 is 5.82 Å². The molecule has 0 saturated carbocycles. The molecule has 2 fully saturated rings. The molecule has 2 aromatic heterocycles. The van der Waals surface area contributed by atoms with Crippen LogP contribution in [-0.4, -0.2) is 56.6 Å². The Bertz CT molecular complexity index is 1070. The van der Waals surface area contributed by atoms with Gasteiger partial charge in [-0.05, 0) is 50.5 Å². The molecule has 31 heavy (non-hydrogen) atoms. The lowest BCUT2D eigenvalue weighted by molar-refractivity contribution is 0.176. The zero-order valence-electron chi connectivity index (χ0n) is 17.5. The lowest BCUT2D eigenvalue weighted by atomic mass is 9.96. The normalized spacial score (nSPS) is 24.9. The number of rotatable bonds is 4. The smallest absolute Gasteiger partial charge is 0.147 e. The maximum Gasteiger partial charge on any atom is 0.147 e. The Morgan fingerprint density at radius 3 is 2.65 bits per heavy atom. The molecule has 2 bridgehead atoms. The van der Waals surface area contributed by atoms with Gasteiger partial charge in [0.15, 0.2) is 0 Å². The highest BCUT2D eigenvalue weighted by molar-refractivity contribution is 5.72. The van der Waals surface area contributed by atoms with E-state index < -0.39 is 6.17 Å². The second-order valence-electron chi connectivity index (χ2n) is 8.46. The van der Waals surface area contributed by atoms with Crippen LogP contribution in [0.3, 0.4) is 0 Å². The number of fused-ring (bicyclic) bond motifs is 2. The zero-order chi connectivity index (χ0) is 21.5. The van der Waals surface area contributed by atoms with Crippen LogP contribution in [-0.2, 0) is 0 Å². The average Bonchev–Trinajstić information content (AvgIpc) is 3.20. The molecule has 0 radical (unpaired) electrons. The summed E-state index contributed by atoms with van der Waals surface area (Å²) in [5, 5.41) is 22.1. The van der Waals surface area contributed by atoms with E-state index >= 15 is 0 Å². The topological polar surface area (TPSA) is 87.1 Å². The number of anilines is 1. The molecule has 2 aliphatic rings. The number of hydrogen-bond donors (Lipinski definition) is 2. The number of phenols is 1. The summed E-state index contributed by atoms with van der Waals surface area (Å²) in [5.41, 5.74) is 3.42. The summed E-state index contributed by atoms with van der Waals surface area (Å²) in [6.45, 7) is 1.88. The average molecular weight is 420 g/mol. The zero-order valence-corrected chi connectivity index (χ0v) is 17.5. The molecule has 2 N–H and O–H groups in total. The van der Waals surface area contributed by atoms with Crippen LogP contribution < -0.4 is 10.2 Å². The van der Waals surface area contributed by atoms with E-state index in [2.05, 4.69) is 25.5 Å². The molecule has 1 aromatic carbocycles. The van der Waals surface area contributed by atoms with E-state index in [1.54, 1.807) is 24.5 Å². The van der Waals surface area contributed by atoms with Gasteiger partial charge in [0, 0.05) is 30.3 Å². The maximum absolute atomic E-state index is 14.9. The third kappa shape index (κ3) is 3.72. The molecule has 0 spiro atoms. The van der Waals surface area contributed by atoms with E-state index in [1.165, 1.54) is 0 Å². The Morgan fingerprint density at radius 1 is 1.06 bits per heavy atom. The summed E-state index contributed by atoms with van der Waals surface area (Å²) in [5.74, 6) is 0.720. The molecule has 5 rings (SSSR count). The SMILES string of the molecule is Cc1ccc(-c2ccc(-c3cnc(N(C)[C@H]4C[C@@H]5CC[C@@H](N5)[C@H]4F)cn3)c(O)c2)nn1. The van der Waals surface area contributed by atoms with Gasteiger partial charge in [0.1, 0.15) is 17.7 Å². The molecule has 4 atom stereocenters. The Hall–Kier alpha value is -3.13. The van der Waals surface area contributed by atoms with E-state index in [4.69, 9.17) is 0 Å². The van der Waals surface area contributed by atoms with Gasteiger partial charge < -0.3 is 15.3 Å². The van der Waals surface area contributed by atoms with Gasteiger partial charge in [-0.15, -0.1) is 0 Å². The van der Waals surface area contributed by atoms with Gasteiger partial charge in [-0.2, -0.15) is 10.2 Å². The number of nitrogens with zero attached hydrogens (tertiary/aromatic N) is 5. The van der Waals surface area contributed by atoms with E-state index in [9.17, 15) is 9.50 Å². The molecule has 8 heteroatoms. The van der Waals surface area contributed by atoms with Crippen molar-refractivity contribution < 1.29 is 9.50 Å². The first-order valence-electron chi connectivity index (χ1n) is 10.6. The van der Waals surface area contributed by atoms with Crippen molar-refractivity contribution in [2.24, 2.45) is 0 Å². The van der Waals surface area contributed by atoms with Crippen molar-refractivity contribution in [3.05, 3.63) is 48.4 Å². The van der Waals surface area contributed by atoms with E-state index in [1.807, 2.05) is 37.1 Å². The third-order valence-electron chi connectivity index (χ3n) is 6.42. The largest absolute Gasteiger partial charge is 0.507 e. The summed E-state index contributed by atoms with van der Waals surface area (Å²) in [7, 11) is 1.88. The van der Waals surface area contributed by atoms with Crippen molar-refractivity contribution in [1.29, 1.82) is 0 Å². The maximum atomic E-state index is 14.9. The minimum Gasteiger partial charge on any atom is -0.507 e. The second kappa shape index (κ2) is 7.85. The number of aryl methyl sites for hydroxylation is 1. The monoisotopic (exact) mass is 420 g/mol. The van der Waals surface area contributed by atoms with Crippen molar-refractivity contribution in [1.82, 2.24) is 25.5 Å². The summed E-state index contributed by atoms with van der Waals surface area (Å²) in [6, 6.07) is 9.17. The molecule has 4 heterocycles. The Balaban J connectivity index is 1.35. The molecule has 0 aliphatic carbocycles. The van der Waals surface area contributed by atoms with Crippen LogP contribution >= 0.6 is 0 Å². The van der Waals surface area contributed by atoms with E-state index in [0.29, 0.717) is 28.8 Å². The number of phenolic OH excluding ortho intramolecular Hbond substituents is 1. The number of halogens is 1. The summed E-state index contributed by atoms with van der Waals surface area (Å²) < 4.78 is 14.9. The van der Waals surface area contributed by atoms with Crippen LogP contribution in [0.1, 0.15) is 25.0 Å². The van der Waals surface area contributed by atoms with Gasteiger partial charge in [-0.1, -0.05) is 6.07 Å². The fraction of sp³-hybridized carbons (Fsp3) is 0.391. The highest BCUT2D eigenvalue weighted by Gasteiger charge is 2.43. The lowest BCUT2D eigenvalue weighted by Crippen LogP contribution is -2.55.